The van der Waals surface area contributed by atoms with Crippen LogP contribution in [0.15, 0.2) is 29.0 Å². The minimum absolute atomic E-state index is 0.0158. The van der Waals surface area contributed by atoms with Crippen LogP contribution in [0.1, 0.15) is 13.8 Å². The number of rotatable bonds is 8. The SMILES string of the molecule is CCOSOc1c(-c2cnc(OCC(C)(F)F)n(C)c2=S)nc2ccc(Br)cn12. The number of alkyl halides is 2. The lowest BCUT2D eigenvalue weighted by molar-refractivity contribution is -0.0267. The van der Waals surface area contributed by atoms with E-state index < -0.39 is 12.5 Å². The minimum Gasteiger partial charge on any atom is -0.458 e. The first-order valence-corrected chi connectivity index (χ1v) is 10.3. The molecule has 3 aromatic rings. The molecule has 0 N–H and O–H groups in total. The van der Waals surface area contributed by atoms with Crippen LogP contribution in [0.25, 0.3) is 16.9 Å². The van der Waals surface area contributed by atoms with E-state index in [1.807, 2.05) is 19.1 Å². The van der Waals surface area contributed by atoms with Crippen molar-refractivity contribution in [2.75, 3.05) is 13.2 Å². The summed E-state index contributed by atoms with van der Waals surface area (Å²) in [6, 6.07) is 3.64. The molecular weight excluding hydrogens is 490 g/mol. The van der Waals surface area contributed by atoms with E-state index in [1.54, 1.807) is 17.6 Å². The van der Waals surface area contributed by atoms with Gasteiger partial charge in [-0.3, -0.25) is 13.2 Å². The summed E-state index contributed by atoms with van der Waals surface area (Å²) in [7, 11) is 1.59. The van der Waals surface area contributed by atoms with Crippen molar-refractivity contribution in [1.29, 1.82) is 0 Å². The largest absolute Gasteiger partial charge is 0.458 e. The minimum atomic E-state index is -2.98. The maximum Gasteiger partial charge on any atom is 0.297 e. The van der Waals surface area contributed by atoms with E-state index in [4.69, 9.17) is 25.3 Å². The van der Waals surface area contributed by atoms with Gasteiger partial charge in [-0.1, -0.05) is 12.2 Å². The number of ether oxygens (including phenoxy) is 1. The van der Waals surface area contributed by atoms with E-state index in [1.165, 1.54) is 10.8 Å². The highest BCUT2D eigenvalue weighted by atomic mass is 79.9. The molecule has 12 heteroatoms. The van der Waals surface area contributed by atoms with Crippen LogP contribution in [0.3, 0.4) is 0 Å². The zero-order valence-electron chi connectivity index (χ0n) is 15.7. The van der Waals surface area contributed by atoms with Crippen LogP contribution in [0, 0.1) is 4.64 Å². The van der Waals surface area contributed by atoms with E-state index in [-0.39, 0.29) is 6.01 Å². The van der Waals surface area contributed by atoms with E-state index >= 15 is 0 Å². The zero-order valence-corrected chi connectivity index (χ0v) is 18.9. The molecule has 0 bridgehead atoms. The third kappa shape index (κ3) is 5.05. The molecule has 0 unspecified atom stereocenters. The number of nitrogens with zero attached hydrogens (tertiary/aromatic N) is 4. The summed E-state index contributed by atoms with van der Waals surface area (Å²) in [5, 5.41) is 0. The van der Waals surface area contributed by atoms with Crippen LogP contribution in [0.4, 0.5) is 8.78 Å². The van der Waals surface area contributed by atoms with Gasteiger partial charge in [-0.05, 0) is 35.0 Å². The van der Waals surface area contributed by atoms with Gasteiger partial charge in [0, 0.05) is 30.8 Å². The molecule has 0 aliphatic rings. The van der Waals surface area contributed by atoms with Gasteiger partial charge in [0.25, 0.3) is 11.9 Å². The first-order chi connectivity index (χ1) is 13.7. The van der Waals surface area contributed by atoms with Gasteiger partial charge in [-0.15, -0.1) is 0 Å². The van der Waals surface area contributed by atoms with Crippen molar-refractivity contribution in [3.8, 4) is 23.1 Å². The Kier molecular flexibility index (Phi) is 6.76. The number of hydrogen-bond donors (Lipinski definition) is 0. The fraction of sp³-hybridized carbons (Fsp3) is 0.353. The molecule has 3 aromatic heterocycles. The van der Waals surface area contributed by atoms with Gasteiger partial charge in [0.15, 0.2) is 6.61 Å². The molecule has 0 aliphatic heterocycles. The van der Waals surface area contributed by atoms with Crippen molar-refractivity contribution in [1.82, 2.24) is 18.9 Å². The average molecular weight is 507 g/mol. The summed E-state index contributed by atoms with van der Waals surface area (Å²) in [6.45, 7) is 2.26. The van der Waals surface area contributed by atoms with Crippen molar-refractivity contribution in [2.45, 2.75) is 19.8 Å². The molecule has 7 nitrogen and oxygen atoms in total. The van der Waals surface area contributed by atoms with Gasteiger partial charge in [-0.2, -0.15) is 0 Å². The topological polar surface area (TPSA) is 62.8 Å². The second-order valence-corrected chi connectivity index (χ2v) is 7.92. The van der Waals surface area contributed by atoms with Crippen molar-refractivity contribution in [2.24, 2.45) is 7.05 Å². The molecule has 0 saturated carbocycles. The highest BCUT2D eigenvalue weighted by Gasteiger charge is 2.24. The van der Waals surface area contributed by atoms with Crippen LogP contribution in [-0.2, 0) is 11.2 Å². The summed E-state index contributed by atoms with van der Waals surface area (Å²) < 4.78 is 46.5. The number of aromatic nitrogens is 4. The molecule has 3 rings (SSSR count). The average Bonchev–Trinajstić information content (AvgIpc) is 3.00. The van der Waals surface area contributed by atoms with Gasteiger partial charge < -0.3 is 8.92 Å². The quantitative estimate of drug-likeness (QED) is 0.235. The number of imidazole rings is 1. The normalized spacial score (nSPS) is 11.8. The Balaban J connectivity index is 2.06. The second-order valence-electron chi connectivity index (χ2n) is 6.08. The first-order valence-electron chi connectivity index (χ1n) is 8.42. The lowest BCUT2D eigenvalue weighted by Crippen LogP contribution is -2.22. The van der Waals surface area contributed by atoms with E-state index in [0.717, 1.165) is 23.7 Å². The van der Waals surface area contributed by atoms with Crippen LogP contribution >= 0.6 is 40.5 Å². The molecular formula is C17H17BrF2N4O3S2. The molecule has 0 amide bonds. The van der Waals surface area contributed by atoms with Gasteiger partial charge in [0.05, 0.1) is 12.2 Å². The van der Waals surface area contributed by atoms with E-state index in [2.05, 4.69) is 25.9 Å². The lowest BCUT2D eigenvalue weighted by atomic mass is 10.2. The first kappa shape index (κ1) is 21.9. The summed E-state index contributed by atoms with van der Waals surface area (Å²) >= 11 is 9.74. The van der Waals surface area contributed by atoms with Crippen molar-refractivity contribution in [3.05, 3.63) is 33.6 Å². The number of pyridine rings is 1. The van der Waals surface area contributed by atoms with Crippen LogP contribution in [-0.4, -0.2) is 38.1 Å². The van der Waals surface area contributed by atoms with Crippen LogP contribution < -0.4 is 8.92 Å². The third-order valence-corrected chi connectivity index (χ3v) is 5.17. The molecule has 0 radical (unpaired) electrons. The number of fused-ring (bicyclic) bond motifs is 1. The summed E-state index contributed by atoms with van der Waals surface area (Å²) in [4.78, 5) is 8.72. The molecule has 0 saturated heterocycles. The number of hydrogen-bond acceptors (Lipinski definition) is 7. The standard InChI is InChI=1S/C17H17BrF2N4O3S2/c1-4-26-29-27-14-13(22-12-6-5-10(18)8-24(12)14)11-7-21-16(23(3)15(11)28)25-9-17(2,19)20/h5-8H,4,9H2,1-3H3. The smallest absolute Gasteiger partial charge is 0.297 e. The summed E-state index contributed by atoms with van der Waals surface area (Å²) in [5.74, 6) is -2.59. The van der Waals surface area contributed by atoms with Crippen LogP contribution in [0.2, 0.25) is 0 Å². The zero-order chi connectivity index (χ0) is 21.2. The van der Waals surface area contributed by atoms with Crippen LogP contribution in [0.5, 0.6) is 11.9 Å². The molecule has 0 fully saturated rings. The van der Waals surface area contributed by atoms with E-state index in [0.29, 0.717) is 34.0 Å². The lowest BCUT2D eigenvalue weighted by Gasteiger charge is -2.14. The predicted molar refractivity (Wildman–Crippen MR) is 112 cm³/mol. The Morgan fingerprint density at radius 3 is 2.79 bits per heavy atom. The van der Waals surface area contributed by atoms with Gasteiger partial charge >= 0.3 is 0 Å². The molecule has 0 atom stereocenters. The molecule has 3 heterocycles. The maximum atomic E-state index is 13.1. The Hall–Kier alpha value is -1.76. The molecule has 29 heavy (non-hydrogen) atoms. The summed E-state index contributed by atoms with van der Waals surface area (Å²) in [5.41, 5.74) is 1.55. The van der Waals surface area contributed by atoms with Gasteiger partial charge in [-0.25, -0.2) is 18.7 Å². The van der Waals surface area contributed by atoms with E-state index in [9.17, 15) is 8.78 Å². The molecule has 0 aliphatic carbocycles. The Labute approximate surface area is 183 Å². The molecule has 156 valence electrons. The number of halogens is 3. The second kappa shape index (κ2) is 8.94. The third-order valence-electron chi connectivity index (χ3n) is 3.65. The Bertz CT molecular complexity index is 1080. The Morgan fingerprint density at radius 2 is 2.10 bits per heavy atom. The van der Waals surface area contributed by atoms with Gasteiger partial charge in [0.2, 0.25) is 18.2 Å². The highest BCUT2D eigenvalue weighted by Crippen LogP contribution is 2.34. The monoisotopic (exact) mass is 506 g/mol. The fourth-order valence-corrected chi connectivity index (χ4v) is 3.31. The summed E-state index contributed by atoms with van der Waals surface area (Å²) in [6.07, 6.45) is 3.23. The molecule has 0 spiro atoms. The predicted octanol–water partition coefficient (Wildman–Crippen LogP) is 5.24. The van der Waals surface area contributed by atoms with Crippen molar-refractivity contribution < 1.29 is 21.9 Å². The highest BCUT2D eigenvalue weighted by molar-refractivity contribution is 9.10. The van der Waals surface area contributed by atoms with Crippen molar-refractivity contribution >= 4 is 46.1 Å². The van der Waals surface area contributed by atoms with Gasteiger partial charge in [0.1, 0.15) is 16.0 Å². The van der Waals surface area contributed by atoms with Crippen molar-refractivity contribution in [3.63, 3.8) is 0 Å². The molecule has 0 aromatic carbocycles. The Morgan fingerprint density at radius 1 is 1.34 bits per heavy atom. The fourth-order valence-electron chi connectivity index (χ4n) is 2.37. The maximum absolute atomic E-state index is 13.1.